The van der Waals surface area contributed by atoms with Gasteiger partial charge in [0, 0.05) is 11.8 Å². The van der Waals surface area contributed by atoms with Gasteiger partial charge in [-0.1, -0.05) is 18.2 Å². The Morgan fingerprint density at radius 3 is 2.38 bits per heavy atom. The Morgan fingerprint density at radius 1 is 0.958 bits per heavy atom. The third kappa shape index (κ3) is 4.91. The van der Waals surface area contributed by atoms with Crippen LogP contribution in [-0.4, -0.2) is 32.7 Å². The van der Waals surface area contributed by atoms with E-state index in [1.54, 1.807) is 42.5 Å². The Labute approximate surface area is 140 Å². The first-order valence-corrected chi connectivity index (χ1v) is 7.24. The monoisotopic (exact) mass is 329 g/mol. The molecule has 24 heavy (non-hydrogen) atoms. The molecule has 0 saturated heterocycles. The Kier molecular flexibility index (Phi) is 6.01. The second kappa shape index (κ2) is 8.42. The summed E-state index contributed by atoms with van der Waals surface area (Å²) in [6, 6.07) is 13.5. The van der Waals surface area contributed by atoms with E-state index in [9.17, 15) is 9.59 Å². The van der Waals surface area contributed by atoms with Crippen LogP contribution in [0.15, 0.2) is 48.5 Å². The number of nitrogens with one attached hydrogen (secondary N) is 3. The predicted octanol–water partition coefficient (Wildman–Crippen LogP) is 2.46. The summed E-state index contributed by atoms with van der Waals surface area (Å²) in [6.07, 6.45) is 0. The van der Waals surface area contributed by atoms with Crippen LogP contribution in [0.5, 0.6) is 11.5 Å². The van der Waals surface area contributed by atoms with E-state index >= 15 is 0 Å². The van der Waals surface area contributed by atoms with Crippen molar-refractivity contribution in [2.75, 3.05) is 31.4 Å². The second-order valence-electron chi connectivity index (χ2n) is 4.79. The first-order valence-electron chi connectivity index (χ1n) is 7.24. The number of para-hydroxylation sites is 1. The van der Waals surface area contributed by atoms with E-state index in [-0.39, 0.29) is 12.5 Å². The van der Waals surface area contributed by atoms with Gasteiger partial charge in [-0.2, -0.15) is 0 Å². The average Bonchev–Trinajstić information content (AvgIpc) is 2.60. The van der Waals surface area contributed by atoms with Crippen molar-refractivity contribution in [2.45, 2.75) is 0 Å². The standard InChI is InChI=1S/C17H19N3O4/c1-23-13-8-9-15(24-2)14(10-13)20-16(21)11-18-17(22)19-12-6-4-3-5-7-12/h3-10H,11H2,1-2H3,(H,20,21)(H2,18,19,22). The van der Waals surface area contributed by atoms with Crippen LogP contribution in [0.3, 0.4) is 0 Å². The van der Waals surface area contributed by atoms with Gasteiger partial charge in [0.2, 0.25) is 5.91 Å². The van der Waals surface area contributed by atoms with E-state index in [0.717, 1.165) is 0 Å². The summed E-state index contributed by atoms with van der Waals surface area (Å²) in [5.41, 5.74) is 1.11. The van der Waals surface area contributed by atoms with Crippen LogP contribution >= 0.6 is 0 Å². The van der Waals surface area contributed by atoms with Crippen LogP contribution in [0.2, 0.25) is 0 Å². The molecule has 0 aliphatic carbocycles. The number of benzene rings is 2. The molecule has 7 nitrogen and oxygen atoms in total. The highest BCUT2D eigenvalue weighted by Crippen LogP contribution is 2.28. The van der Waals surface area contributed by atoms with Gasteiger partial charge in [0.15, 0.2) is 0 Å². The average molecular weight is 329 g/mol. The van der Waals surface area contributed by atoms with Gasteiger partial charge in [-0.05, 0) is 24.3 Å². The number of hydrogen-bond donors (Lipinski definition) is 3. The minimum Gasteiger partial charge on any atom is -0.497 e. The first-order chi connectivity index (χ1) is 11.6. The molecule has 0 aromatic heterocycles. The summed E-state index contributed by atoms with van der Waals surface area (Å²) in [5.74, 6) is 0.698. The number of carbonyl (C=O) groups excluding carboxylic acids is 2. The largest absolute Gasteiger partial charge is 0.497 e. The Bertz CT molecular complexity index is 704. The molecular formula is C17H19N3O4. The van der Waals surface area contributed by atoms with Crippen molar-refractivity contribution in [3.05, 3.63) is 48.5 Å². The summed E-state index contributed by atoms with van der Waals surface area (Å²) < 4.78 is 10.3. The van der Waals surface area contributed by atoms with Crippen molar-refractivity contribution in [1.82, 2.24) is 5.32 Å². The SMILES string of the molecule is COc1ccc(OC)c(NC(=O)CNC(=O)Nc2ccccc2)c1. The second-order valence-corrected chi connectivity index (χ2v) is 4.79. The van der Waals surface area contributed by atoms with Crippen molar-refractivity contribution in [1.29, 1.82) is 0 Å². The molecule has 0 heterocycles. The number of urea groups is 1. The van der Waals surface area contributed by atoms with Gasteiger partial charge in [-0.15, -0.1) is 0 Å². The fourth-order valence-electron chi connectivity index (χ4n) is 1.96. The number of carbonyl (C=O) groups is 2. The lowest BCUT2D eigenvalue weighted by molar-refractivity contribution is -0.115. The van der Waals surface area contributed by atoms with E-state index in [2.05, 4.69) is 16.0 Å². The van der Waals surface area contributed by atoms with E-state index < -0.39 is 6.03 Å². The molecule has 0 spiro atoms. The normalized spacial score (nSPS) is 9.75. The zero-order chi connectivity index (χ0) is 17.4. The highest BCUT2D eigenvalue weighted by atomic mass is 16.5. The topological polar surface area (TPSA) is 88.7 Å². The molecule has 0 bridgehead atoms. The van der Waals surface area contributed by atoms with Crippen LogP contribution in [-0.2, 0) is 4.79 Å². The molecule has 2 aromatic rings. The van der Waals surface area contributed by atoms with E-state index in [0.29, 0.717) is 22.9 Å². The van der Waals surface area contributed by atoms with Crippen LogP contribution in [0.25, 0.3) is 0 Å². The molecule has 126 valence electrons. The molecule has 0 aliphatic heterocycles. The van der Waals surface area contributed by atoms with Crippen molar-refractivity contribution < 1.29 is 19.1 Å². The molecular weight excluding hydrogens is 310 g/mol. The van der Waals surface area contributed by atoms with Crippen molar-refractivity contribution >= 4 is 23.3 Å². The molecule has 0 radical (unpaired) electrons. The molecule has 3 amide bonds. The molecule has 0 aliphatic rings. The van der Waals surface area contributed by atoms with E-state index in [1.165, 1.54) is 14.2 Å². The Morgan fingerprint density at radius 2 is 1.71 bits per heavy atom. The number of ether oxygens (including phenoxy) is 2. The number of hydrogen-bond acceptors (Lipinski definition) is 4. The minimum atomic E-state index is -0.464. The van der Waals surface area contributed by atoms with Crippen molar-refractivity contribution in [2.24, 2.45) is 0 Å². The van der Waals surface area contributed by atoms with E-state index in [4.69, 9.17) is 9.47 Å². The maximum absolute atomic E-state index is 12.0. The molecule has 7 heteroatoms. The summed E-state index contributed by atoms with van der Waals surface area (Å²) in [7, 11) is 3.03. The number of amides is 3. The van der Waals surface area contributed by atoms with Gasteiger partial charge < -0.3 is 25.4 Å². The number of anilines is 2. The fraction of sp³-hybridized carbons (Fsp3) is 0.176. The van der Waals surface area contributed by atoms with E-state index in [1.807, 2.05) is 6.07 Å². The fourth-order valence-corrected chi connectivity index (χ4v) is 1.96. The molecule has 2 rings (SSSR count). The van der Waals surface area contributed by atoms with Crippen LogP contribution in [0.1, 0.15) is 0 Å². The third-order valence-electron chi connectivity index (χ3n) is 3.12. The van der Waals surface area contributed by atoms with Gasteiger partial charge in [0.05, 0.1) is 26.5 Å². The minimum absolute atomic E-state index is 0.182. The Balaban J connectivity index is 1.88. The lowest BCUT2D eigenvalue weighted by Gasteiger charge is -2.12. The highest BCUT2D eigenvalue weighted by molar-refractivity contribution is 5.97. The smallest absolute Gasteiger partial charge is 0.319 e. The van der Waals surface area contributed by atoms with Gasteiger partial charge in [0.1, 0.15) is 11.5 Å². The molecule has 0 fully saturated rings. The maximum atomic E-state index is 12.0. The number of rotatable bonds is 6. The summed E-state index contributed by atoms with van der Waals surface area (Å²) in [5, 5.41) is 7.78. The first kappa shape index (κ1) is 17.1. The summed E-state index contributed by atoms with van der Waals surface area (Å²) in [6.45, 7) is -0.182. The molecule has 0 atom stereocenters. The van der Waals surface area contributed by atoms with Crippen molar-refractivity contribution in [3.63, 3.8) is 0 Å². The zero-order valence-corrected chi connectivity index (χ0v) is 13.5. The zero-order valence-electron chi connectivity index (χ0n) is 13.5. The van der Waals surface area contributed by atoms with Gasteiger partial charge in [-0.25, -0.2) is 4.79 Å². The van der Waals surface area contributed by atoms with Gasteiger partial charge in [0.25, 0.3) is 0 Å². The highest BCUT2D eigenvalue weighted by Gasteiger charge is 2.10. The van der Waals surface area contributed by atoms with Crippen LogP contribution in [0.4, 0.5) is 16.2 Å². The molecule has 3 N–H and O–H groups in total. The third-order valence-corrected chi connectivity index (χ3v) is 3.12. The van der Waals surface area contributed by atoms with Gasteiger partial charge in [-0.3, -0.25) is 4.79 Å². The molecule has 0 saturated carbocycles. The maximum Gasteiger partial charge on any atom is 0.319 e. The molecule has 0 unspecified atom stereocenters. The predicted molar refractivity (Wildman–Crippen MR) is 91.6 cm³/mol. The molecule has 2 aromatic carbocycles. The van der Waals surface area contributed by atoms with Gasteiger partial charge >= 0.3 is 6.03 Å². The lowest BCUT2D eigenvalue weighted by Crippen LogP contribution is -2.35. The van der Waals surface area contributed by atoms with Crippen LogP contribution in [0, 0.1) is 0 Å². The number of methoxy groups -OCH3 is 2. The Hall–Kier alpha value is -3.22. The lowest BCUT2D eigenvalue weighted by atomic mass is 10.2. The quantitative estimate of drug-likeness (QED) is 0.759. The summed E-state index contributed by atoms with van der Waals surface area (Å²) >= 11 is 0. The van der Waals surface area contributed by atoms with Crippen LogP contribution < -0.4 is 25.4 Å². The van der Waals surface area contributed by atoms with Crippen molar-refractivity contribution in [3.8, 4) is 11.5 Å². The summed E-state index contributed by atoms with van der Waals surface area (Å²) in [4.78, 5) is 23.7.